The van der Waals surface area contributed by atoms with Crippen molar-refractivity contribution in [2.45, 2.75) is 11.8 Å². The molecule has 114 valence electrons. The third-order valence-corrected chi connectivity index (χ3v) is 4.12. The van der Waals surface area contributed by atoms with Crippen LogP contribution in [0.4, 0.5) is 0 Å². The van der Waals surface area contributed by atoms with Gasteiger partial charge in [-0.05, 0) is 30.0 Å². The molecule has 0 radical (unpaired) electrons. The van der Waals surface area contributed by atoms with E-state index in [1.165, 1.54) is 0 Å². The molecule has 0 atom stereocenters. The third kappa shape index (κ3) is 4.02. The lowest BCUT2D eigenvalue weighted by Crippen LogP contribution is -2.41. The van der Waals surface area contributed by atoms with E-state index in [0.717, 1.165) is 10.6 Å². The van der Waals surface area contributed by atoms with Crippen LogP contribution < -0.4 is 10.9 Å². The zero-order valence-electron chi connectivity index (χ0n) is 11.9. The Morgan fingerprint density at radius 3 is 2.14 bits per heavy atom. The van der Waals surface area contributed by atoms with Gasteiger partial charge in [-0.1, -0.05) is 42.8 Å². The second-order valence-electron chi connectivity index (χ2n) is 4.32. The normalized spacial score (nSPS) is 10.1. The van der Waals surface area contributed by atoms with Crippen molar-refractivity contribution in [3.63, 3.8) is 0 Å². The maximum atomic E-state index is 12.2. The molecule has 0 aliphatic carbocycles. The number of rotatable bonds is 4. The molecule has 22 heavy (non-hydrogen) atoms. The van der Waals surface area contributed by atoms with Crippen molar-refractivity contribution >= 4 is 35.2 Å². The van der Waals surface area contributed by atoms with Gasteiger partial charge in [-0.2, -0.15) is 0 Å². The molecular formula is C16H15ClN2O2S. The van der Waals surface area contributed by atoms with E-state index in [9.17, 15) is 9.59 Å². The molecule has 2 N–H and O–H groups in total. The van der Waals surface area contributed by atoms with E-state index in [1.807, 2.05) is 19.1 Å². The largest absolute Gasteiger partial charge is 0.271 e. The maximum Gasteiger partial charge on any atom is 0.271 e. The molecule has 0 heterocycles. The van der Waals surface area contributed by atoms with Gasteiger partial charge in [-0.25, -0.2) is 0 Å². The molecule has 2 amide bonds. The van der Waals surface area contributed by atoms with Gasteiger partial charge >= 0.3 is 0 Å². The minimum atomic E-state index is -0.459. The molecule has 0 unspecified atom stereocenters. The van der Waals surface area contributed by atoms with Crippen molar-refractivity contribution in [1.82, 2.24) is 10.9 Å². The highest BCUT2D eigenvalue weighted by molar-refractivity contribution is 7.99. The van der Waals surface area contributed by atoms with Gasteiger partial charge < -0.3 is 0 Å². The fourth-order valence-electron chi connectivity index (χ4n) is 1.83. The van der Waals surface area contributed by atoms with E-state index in [1.54, 1.807) is 48.2 Å². The Labute approximate surface area is 138 Å². The van der Waals surface area contributed by atoms with E-state index in [-0.39, 0.29) is 5.91 Å². The van der Waals surface area contributed by atoms with E-state index in [4.69, 9.17) is 11.6 Å². The summed E-state index contributed by atoms with van der Waals surface area (Å²) >= 11 is 7.51. The molecule has 0 spiro atoms. The van der Waals surface area contributed by atoms with Crippen molar-refractivity contribution in [2.24, 2.45) is 0 Å². The summed E-state index contributed by atoms with van der Waals surface area (Å²) in [5.41, 5.74) is 5.62. The molecule has 2 aromatic rings. The number of carbonyl (C=O) groups is 2. The van der Waals surface area contributed by atoms with Crippen LogP contribution in [0.5, 0.6) is 0 Å². The quantitative estimate of drug-likeness (QED) is 0.664. The monoisotopic (exact) mass is 334 g/mol. The molecule has 2 aromatic carbocycles. The standard InChI is InChI=1S/C16H15ClN2O2S/c1-2-22-14-10-6-4-8-12(14)16(21)19-18-15(20)11-7-3-5-9-13(11)17/h3-10H,2H2,1H3,(H,18,20)(H,19,21). The highest BCUT2D eigenvalue weighted by Crippen LogP contribution is 2.22. The van der Waals surface area contributed by atoms with Crippen molar-refractivity contribution in [3.05, 3.63) is 64.7 Å². The van der Waals surface area contributed by atoms with Crippen LogP contribution in [0.15, 0.2) is 53.4 Å². The van der Waals surface area contributed by atoms with Crippen LogP contribution in [0, 0.1) is 0 Å². The first kappa shape index (κ1) is 16.4. The van der Waals surface area contributed by atoms with Gasteiger partial charge in [0.15, 0.2) is 0 Å². The Morgan fingerprint density at radius 2 is 1.50 bits per heavy atom. The lowest BCUT2D eigenvalue weighted by atomic mass is 10.2. The second kappa shape index (κ2) is 7.87. The lowest BCUT2D eigenvalue weighted by Gasteiger charge is -2.10. The molecule has 0 aromatic heterocycles. The maximum absolute atomic E-state index is 12.2. The minimum absolute atomic E-state index is 0.306. The number of hydrogen-bond acceptors (Lipinski definition) is 3. The van der Waals surface area contributed by atoms with Crippen LogP contribution in [-0.2, 0) is 0 Å². The van der Waals surface area contributed by atoms with Crippen LogP contribution in [0.2, 0.25) is 5.02 Å². The predicted molar refractivity (Wildman–Crippen MR) is 89.2 cm³/mol. The van der Waals surface area contributed by atoms with E-state index < -0.39 is 5.91 Å². The predicted octanol–water partition coefficient (Wildman–Crippen LogP) is 3.53. The van der Waals surface area contributed by atoms with Gasteiger partial charge in [-0.3, -0.25) is 20.4 Å². The first-order valence-corrected chi connectivity index (χ1v) is 8.07. The molecule has 0 saturated carbocycles. The number of thioether (sulfide) groups is 1. The molecule has 6 heteroatoms. The van der Waals surface area contributed by atoms with Crippen molar-refractivity contribution in [2.75, 3.05) is 5.75 Å². The highest BCUT2D eigenvalue weighted by atomic mass is 35.5. The summed E-state index contributed by atoms with van der Waals surface area (Å²) in [4.78, 5) is 25.1. The summed E-state index contributed by atoms with van der Waals surface area (Å²) in [6, 6.07) is 13.9. The minimum Gasteiger partial charge on any atom is -0.267 e. The smallest absolute Gasteiger partial charge is 0.267 e. The van der Waals surface area contributed by atoms with Gasteiger partial charge in [0.2, 0.25) is 0 Å². The summed E-state index contributed by atoms with van der Waals surface area (Å²) in [5, 5.41) is 0.330. The van der Waals surface area contributed by atoms with Gasteiger partial charge in [0.25, 0.3) is 11.8 Å². The first-order chi connectivity index (χ1) is 10.6. The molecule has 0 bridgehead atoms. The van der Waals surface area contributed by atoms with Gasteiger partial charge in [0.05, 0.1) is 16.1 Å². The zero-order valence-corrected chi connectivity index (χ0v) is 13.5. The van der Waals surface area contributed by atoms with E-state index >= 15 is 0 Å². The number of nitrogens with one attached hydrogen (secondary N) is 2. The number of benzene rings is 2. The summed E-state index contributed by atoms with van der Waals surface area (Å²) in [5.74, 6) is 0.0348. The third-order valence-electron chi connectivity index (χ3n) is 2.84. The number of amides is 2. The zero-order chi connectivity index (χ0) is 15.9. The van der Waals surface area contributed by atoms with Crippen LogP contribution in [-0.4, -0.2) is 17.6 Å². The topological polar surface area (TPSA) is 58.2 Å². The van der Waals surface area contributed by atoms with Gasteiger partial charge in [-0.15, -0.1) is 11.8 Å². The average Bonchev–Trinajstić information content (AvgIpc) is 2.53. The highest BCUT2D eigenvalue weighted by Gasteiger charge is 2.13. The molecule has 4 nitrogen and oxygen atoms in total. The Morgan fingerprint density at radius 1 is 0.955 bits per heavy atom. The molecule has 0 fully saturated rings. The number of carbonyl (C=O) groups excluding carboxylic acids is 2. The second-order valence-corrected chi connectivity index (χ2v) is 6.03. The molecule has 0 saturated heterocycles. The van der Waals surface area contributed by atoms with Gasteiger partial charge in [0, 0.05) is 4.90 Å². The molecule has 2 rings (SSSR count). The fourth-order valence-corrected chi connectivity index (χ4v) is 2.85. The molecule has 0 aliphatic rings. The Kier molecular flexibility index (Phi) is 5.86. The average molecular weight is 335 g/mol. The van der Waals surface area contributed by atoms with E-state index in [0.29, 0.717) is 16.1 Å². The SMILES string of the molecule is CCSc1ccccc1C(=O)NNC(=O)c1ccccc1Cl. The summed E-state index contributed by atoms with van der Waals surface area (Å²) < 4.78 is 0. The number of hydrogen-bond donors (Lipinski definition) is 2. The van der Waals surface area contributed by atoms with Crippen LogP contribution in [0.25, 0.3) is 0 Å². The summed E-state index contributed by atoms with van der Waals surface area (Å²) in [7, 11) is 0. The lowest BCUT2D eigenvalue weighted by molar-refractivity contribution is 0.0845. The van der Waals surface area contributed by atoms with Crippen LogP contribution >= 0.6 is 23.4 Å². The fraction of sp³-hybridized carbons (Fsp3) is 0.125. The number of hydrazine groups is 1. The Hall–Kier alpha value is -1.98. The summed E-state index contributed by atoms with van der Waals surface area (Å²) in [6.45, 7) is 2.01. The Balaban J connectivity index is 2.04. The van der Waals surface area contributed by atoms with Crippen molar-refractivity contribution in [3.8, 4) is 0 Å². The van der Waals surface area contributed by atoms with Crippen molar-refractivity contribution in [1.29, 1.82) is 0 Å². The molecule has 0 aliphatic heterocycles. The number of halogens is 1. The van der Waals surface area contributed by atoms with Gasteiger partial charge in [0.1, 0.15) is 0 Å². The summed E-state index contributed by atoms with van der Waals surface area (Å²) in [6.07, 6.45) is 0. The van der Waals surface area contributed by atoms with E-state index in [2.05, 4.69) is 10.9 Å². The van der Waals surface area contributed by atoms with Crippen molar-refractivity contribution < 1.29 is 9.59 Å². The Bertz CT molecular complexity index is 691. The first-order valence-electron chi connectivity index (χ1n) is 6.70. The molecular weight excluding hydrogens is 320 g/mol. The van der Waals surface area contributed by atoms with Crippen LogP contribution in [0.1, 0.15) is 27.6 Å². The van der Waals surface area contributed by atoms with Crippen LogP contribution in [0.3, 0.4) is 0 Å².